The lowest BCUT2D eigenvalue weighted by Crippen LogP contribution is -2.38. The van der Waals surface area contributed by atoms with Crippen molar-refractivity contribution in [3.8, 4) is 0 Å². The molecular weight excluding hydrogens is 232 g/mol. The van der Waals surface area contributed by atoms with Gasteiger partial charge in [-0.2, -0.15) is 0 Å². The van der Waals surface area contributed by atoms with E-state index in [1.807, 2.05) is 0 Å². The monoisotopic (exact) mass is 264 g/mol. The minimum Gasteiger partial charge on any atom is -0.320 e. The van der Waals surface area contributed by atoms with Gasteiger partial charge >= 0.3 is 0 Å². The van der Waals surface area contributed by atoms with Crippen LogP contribution in [0.15, 0.2) is 0 Å². The zero-order valence-corrected chi connectivity index (χ0v) is 13.3. The van der Waals surface area contributed by atoms with Crippen molar-refractivity contribution >= 4 is 0 Å². The first-order chi connectivity index (χ1) is 9.08. The molecule has 1 aliphatic heterocycles. The number of nitrogens with one attached hydrogen (secondary N) is 2. The maximum atomic E-state index is 3.98. The summed E-state index contributed by atoms with van der Waals surface area (Å²) in [6.07, 6.45) is 8.47. The number of hydrogen-bond donors (Lipinski definition) is 2. The first-order valence-electron chi connectivity index (χ1n) is 8.52. The smallest absolute Gasteiger partial charge is 0.0400 e. The summed E-state index contributed by atoms with van der Waals surface area (Å²) in [7, 11) is 2.08. The largest absolute Gasteiger partial charge is 0.320 e. The van der Waals surface area contributed by atoms with Crippen molar-refractivity contribution in [2.24, 2.45) is 23.7 Å². The average Bonchev–Trinajstić information content (AvgIpc) is 2.68. The molecular formula is C17H32N2. The third-order valence-corrected chi connectivity index (χ3v) is 6.84. The third-order valence-electron chi connectivity index (χ3n) is 6.84. The van der Waals surface area contributed by atoms with Crippen molar-refractivity contribution in [3.05, 3.63) is 0 Å². The van der Waals surface area contributed by atoms with Crippen molar-refractivity contribution in [2.45, 2.75) is 70.4 Å². The van der Waals surface area contributed by atoms with Crippen LogP contribution >= 0.6 is 0 Å². The fraction of sp³-hybridized carbons (Fsp3) is 1.00. The van der Waals surface area contributed by atoms with Crippen LogP contribution in [-0.2, 0) is 0 Å². The Morgan fingerprint density at radius 3 is 2.79 bits per heavy atom. The summed E-state index contributed by atoms with van der Waals surface area (Å²) in [6, 6.07) is 0. The standard InChI is InChI=1S/C17H32N2/c1-5-8-16(3)17(19-16)11-13-10-15(17)14(12(13)2)7-6-9-18-4/h12-15,18-19H,5-11H2,1-4H3. The Labute approximate surface area is 119 Å². The quantitative estimate of drug-likeness (QED) is 0.571. The normalized spacial score (nSPS) is 51.2. The maximum absolute atomic E-state index is 3.98. The molecule has 2 bridgehead atoms. The van der Waals surface area contributed by atoms with E-state index in [0.717, 1.165) is 23.7 Å². The zero-order valence-electron chi connectivity index (χ0n) is 13.3. The zero-order chi connectivity index (χ0) is 13.7. The molecule has 3 aliphatic rings. The molecule has 0 amide bonds. The molecule has 0 aromatic carbocycles. The van der Waals surface area contributed by atoms with Gasteiger partial charge in [0.15, 0.2) is 0 Å². The maximum Gasteiger partial charge on any atom is 0.0400 e. The summed E-state index contributed by atoms with van der Waals surface area (Å²) in [5.41, 5.74) is 1.02. The molecule has 0 aromatic heterocycles. The topological polar surface area (TPSA) is 34.0 Å². The molecule has 2 saturated carbocycles. The van der Waals surface area contributed by atoms with Gasteiger partial charge in [-0.25, -0.2) is 0 Å². The number of hydrogen-bond acceptors (Lipinski definition) is 2. The highest BCUT2D eigenvalue weighted by molar-refractivity contribution is 5.32. The molecule has 2 N–H and O–H groups in total. The van der Waals surface area contributed by atoms with Crippen molar-refractivity contribution < 1.29 is 0 Å². The summed E-state index contributed by atoms with van der Waals surface area (Å²) in [5, 5.41) is 7.29. The van der Waals surface area contributed by atoms with Gasteiger partial charge in [-0.15, -0.1) is 0 Å². The van der Waals surface area contributed by atoms with E-state index in [4.69, 9.17) is 0 Å². The molecule has 2 nitrogen and oxygen atoms in total. The summed E-state index contributed by atoms with van der Waals surface area (Å²) in [4.78, 5) is 0. The highest BCUT2D eigenvalue weighted by Gasteiger charge is 2.73. The van der Waals surface area contributed by atoms with Gasteiger partial charge in [-0.05, 0) is 76.3 Å². The molecule has 0 radical (unpaired) electrons. The highest BCUT2D eigenvalue weighted by atomic mass is 15.3. The number of rotatable bonds is 6. The van der Waals surface area contributed by atoms with E-state index < -0.39 is 0 Å². The van der Waals surface area contributed by atoms with E-state index in [-0.39, 0.29) is 0 Å². The van der Waals surface area contributed by atoms with Gasteiger partial charge < -0.3 is 10.6 Å². The molecule has 1 spiro atoms. The Balaban J connectivity index is 1.68. The van der Waals surface area contributed by atoms with E-state index in [9.17, 15) is 0 Å². The Morgan fingerprint density at radius 1 is 1.37 bits per heavy atom. The third kappa shape index (κ3) is 1.90. The van der Waals surface area contributed by atoms with Gasteiger partial charge in [0.05, 0.1) is 0 Å². The van der Waals surface area contributed by atoms with E-state index in [1.165, 1.54) is 45.1 Å². The Morgan fingerprint density at radius 2 is 2.16 bits per heavy atom. The van der Waals surface area contributed by atoms with Crippen molar-refractivity contribution in [1.29, 1.82) is 0 Å². The molecule has 19 heavy (non-hydrogen) atoms. The van der Waals surface area contributed by atoms with Gasteiger partial charge in [0, 0.05) is 11.1 Å². The first kappa shape index (κ1) is 13.9. The SMILES string of the molecule is CCCC1(C)NC12CC1CC2C(CCCNC)C1C. The van der Waals surface area contributed by atoms with Gasteiger partial charge in [0.1, 0.15) is 0 Å². The van der Waals surface area contributed by atoms with Crippen LogP contribution in [0.2, 0.25) is 0 Å². The second kappa shape index (κ2) is 4.73. The van der Waals surface area contributed by atoms with Crippen molar-refractivity contribution in [2.75, 3.05) is 13.6 Å². The van der Waals surface area contributed by atoms with E-state index in [1.54, 1.807) is 0 Å². The van der Waals surface area contributed by atoms with Gasteiger partial charge in [-0.1, -0.05) is 20.3 Å². The van der Waals surface area contributed by atoms with Crippen molar-refractivity contribution in [1.82, 2.24) is 10.6 Å². The Kier molecular flexibility index (Phi) is 3.46. The summed E-state index contributed by atoms with van der Waals surface area (Å²) < 4.78 is 0. The summed E-state index contributed by atoms with van der Waals surface area (Å²) in [6.45, 7) is 8.54. The molecule has 3 rings (SSSR count). The highest BCUT2D eigenvalue weighted by Crippen LogP contribution is 2.67. The van der Waals surface area contributed by atoms with Crippen LogP contribution in [0.5, 0.6) is 0 Å². The van der Waals surface area contributed by atoms with Crippen LogP contribution in [0.4, 0.5) is 0 Å². The molecule has 0 aromatic rings. The predicted molar refractivity (Wildman–Crippen MR) is 81.2 cm³/mol. The summed E-state index contributed by atoms with van der Waals surface area (Å²) in [5.74, 6) is 3.94. The second-order valence-corrected chi connectivity index (χ2v) is 7.75. The molecule has 2 heteroatoms. The molecule has 6 unspecified atom stereocenters. The fourth-order valence-corrected chi connectivity index (χ4v) is 5.84. The van der Waals surface area contributed by atoms with Gasteiger partial charge in [-0.3, -0.25) is 0 Å². The van der Waals surface area contributed by atoms with Crippen LogP contribution in [0.1, 0.15) is 59.3 Å². The molecule has 3 fully saturated rings. The average molecular weight is 264 g/mol. The molecule has 110 valence electrons. The van der Waals surface area contributed by atoms with E-state index in [0.29, 0.717) is 11.1 Å². The predicted octanol–water partition coefficient (Wildman–Crippen LogP) is 3.18. The molecule has 6 atom stereocenters. The van der Waals surface area contributed by atoms with Crippen molar-refractivity contribution in [3.63, 3.8) is 0 Å². The minimum atomic E-state index is 0.475. The van der Waals surface area contributed by atoms with Crippen LogP contribution in [0, 0.1) is 23.7 Å². The van der Waals surface area contributed by atoms with E-state index in [2.05, 4.69) is 38.5 Å². The molecule has 1 heterocycles. The fourth-order valence-electron chi connectivity index (χ4n) is 5.84. The molecule has 2 aliphatic carbocycles. The van der Waals surface area contributed by atoms with Crippen LogP contribution in [-0.4, -0.2) is 24.7 Å². The van der Waals surface area contributed by atoms with Gasteiger partial charge in [0.25, 0.3) is 0 Å². The van der Waals surface area contributed by atoms with Crippen LogP contribution in [0.3, 0.4) is 0 Å². The lowest BCUT2D eigenvalue weighted by molar-refractivity contribution is 0.171. The van der Waals surface area contributed by atoms with Crippen LogP contribution < -0.4 is 10.6 Å². The lowest BCUT2D eigenvalue weighted by atomic mass is 9.68. The lowest BCUT2D eigenvalue weighted by Gasteiger charge is -2.36. The Hall–Kier alpha value is -0.0800. The van der Waals surface area contributed by atoms with E-state index >= 15 is 0 Å². The first-order valence-corrected chi connectivity index (χ1v) is 8.52. The van der Waals surface area contributed by atoms with Gasteiger partial charge in [0.2, 0.25) is 0 Å². The minimum absolute atomic E-state index is 0.475. The second-order valence-electron chi connectivity index (χ2n) is 7.75. The molecule has 1 saturated heterocycles. The Bertz CT molecular complexity index is 342. The summed E-state index contributed by atoms with van der Waals surface area (Å²) >= 11 is 0. The number of fused-ring (bicyclic) bond motifs is 3. The van der Waals surface area contributed by atoms with Crippen LogP contribution in [0.25, 0.3) is 0 Å².